The van der Waals surface area contributed by atoms with Crippen LogP contribution < -0.4 is 5.11 Å². The molecule has 41 heavy (non-hydrogen) atoms. The molecule has 2 N–H and O–H groups in total. The Bertz CT molecular complexity index is 1660. The summed E-state index contributed by atoms with van der Waals surface area (Å²) in [6.07, 6.45) is 3.32. The van der Waals surface area contributed by atoms with Gasteiger partial charge in [0.1, 0.15) is 10.0 Å². The Balaban J connectivity index is 0.000000193. The smallest absolute Gasteiger partial charge is 0.858 e. The molecule has 0 atom stereocenters. The van der Waals surface area contributed by atoms with E-state index in [1.807, 2.05) is 24.3 Å². The van der Waals surface area contributed by atoms with Crippen LogP contribution in [0.25, 0.3) is 4.72 Å². The molecule has 0 bridgehead atoms. The first-order chi connectivity index (χ1) is 19.1. The van der Waals surface area contributed by atoms with Crippen molar-refractivity contribution in [2.24, 2.45) is 4.40 Å². The van der Waals surface area contributed by atoms with Gasteiger partial charge in [-0.25, -0.2) is 8.42 Å². The van der Waals surface area contributed by atoms with Crippen molar-refractivity contribution in [2.75, 3.05) is 0 Å². The second kappa shape index (κ2) is 15.2. The molecule has 0 spiro atoms. The van der Waals surface area contributed by atoms with E-state index in [1.54, 1.807) is 48.8 Å². The van der Waals surface area contributed by atoms with Crippen molar-refractivity contribution in [3.8, 4) is 0 Å². The number of fused-ring (bicyclic) bond motifs is 2. The average Bonchev–Trinajstić information content (AvgIpc) is 3.36. The van der Waals surface area contributed by atoms with Crippen molar-refractivity contribution in [3.05, 3.63) is 125 Å². The predicted octanol–water partition coefficient (Wildman–Crippen LogP) is 1.54. The number of rotatable bonds is 2. The van der Waals surface area contributed by atoms with Crippen molar-refractivity contribution in [3.63, 3.8) is 0 Å². The first-order valence-electron chi connectivity index (χ1n) is 11.3. The number of pyridine rings is 2. The summed E-state index contributed by atoms with van der Waals surface area (Å²) < 4.78 is 50.3. The van der Waals surface area contributed by atoms with Gasteiger partial charge in [0.05, 0.1) is 40.3 Å². The van der Waals surface area contributed by atoms with Crippen LogP contribution in [-0.4, -0.2) is 48.8 Å². The van der Waals surface area contributed by atoms with E-state index in [-0.39, 0.29) is 53.6 Å². The average molecular weight is 648 g/mol. The molecule has 208 valence electrons. The number of benzene rings is 2. The summed E-state index contributed by atoms with van der Waals surface area (Å²) in [4.78, 5) is 18.6. The van der Waals surface area contributed by atoms with E-state index >= 15 is 0 Å². The van der Waals surface area contributed by atoms with Gasteiger partial charge in [0.2, 0.25) is 0 Å². The number of aliphatic hydroxyl groups is 2. The Hall–Kier alpha value is -3.88. The van der Waals surface area contributed by atoms with Crippen LogP contribution in [0.5, 0.6) is 0 Å². The normalized spacial score (nSPS) is 14.4. The molecule has 0 fully saturated rings. The Morgan fingerprint density at radius 2 is 1.15 bits per heavy atom. The molecule has 1 amide bonds. The molecule has 4 aromatic rings. The number of nitrogens with zero attached hydrogens (tertiary/aromatic N) is 4. The minimum Gasteiger partial charge on any atom is -0.858 e. The summed E-state index contributed by atoms with van der Waals surface area (Å²) in [5.74, 6) is -1.35. The Morgan fingerprint density at radius 1 is 0.683 bits per heavy atom. The maximum atomic E-state index is 11.1. The number of carbonyl (C=O) groups excluding carboxylic acids is 1. The first-order valence-corrected chi connectivity index (χ1v) is 14.2. The zero-order valence-electron chi connectivity index (χ0n) is 21.3. The SMILES string of the molecule is O=C1[N-]S(=O)(=O)c2ccccc21.O=S1(=O)N=C([O-])c2ccccc21.OCc1ccccn1.OCc1ccccn1.[Zn+2]. The van der Waals surface area contributed by atoms with E-state index in [9.17, 15) is 26.7 Å². The second-order valence-electron chi connectivity index (χ2n) is 7.69. The third-order valence-corrected chi connectivity index (χ3v) is 7.61. The molecule has 0 saturated heterocycles. The van der Waals surface area contributed by atoms with Crippen LogP contribution >= 0.6 is 0 Å². The van der Waals surface area contributed by atoms with Gasteiger partial charge in [-0.3, -0.25) is 9.97 Å². The maximum Gasteiger partial charge on any atom is 2.00 e. The van der Waals surface area contributed by atoms with Gasteiger partial charge in [-0.15, -0.1) is 0 Å². The third kappa shape index (κ3) is 9.06. The van der Waals surface area contributed by atoms with Crippen molar-refractivity contribution >= 4 is 31.9 Å². The molecule has 2 aromatic carbocycles. The Labute approximate surface area is 249 Å². The molecule has 0 radical (unpaired) electrons. The molecule has 2 aliphatic rings. The quantitative estimate of drug-likeness (QED) is 0.301. The summed E-state index contributed by atoms with van der Waals surface area (Å²) in [7, 11) is -7.36. The second-order valence-corrected chi connectivity index (χ2v) is 10.8. The minimum absolute atomic E-state index is 0. The zero-order valence-corrected chi connectivity index (χ0v) is 25.9. The number of hydrogen-bond donors (Lipinski definition) is 2. The topological polar surface area (TPSA) is 201 Å². The predicted molar refractivity (Wildman–Crippen MR) is 142 cm³/mol. The molecule has 0 saturated carbocycles. The molecule has 6 rings (SSSR count). The van der Waals surface area contributed by atoms with E-state index in [2.05, 4.69) is 19.1 Å². The Morgan fingerprint density at radius 3 is 1.56 bits per heavy atom. The molecule has 2 aromatic heterocycles. The van der Waals surface area contributed by atoms with Crippen molar-refractivity contribution in [1.29, 1.82) is 0 Å². The van der Waals surface area contributed by atoms with Crippen LogP contribution in [-0.2, 0) is 52.7 Å². The number of aromatic nitrogens is 2. The van der Waals surface area contributed by atoms with Gasteiger partial charge in [0, 0.05) is 29.4 Å². The zero-order chi connectivity index (χ0) is 29.2. The fourth-order valence-corrected chi connectivity index (χ4v) is 5.33. The minimum atomic E-state index is -3.68. The van der Waals surface area contributed by atoms with Gasteiger partial charge in [-0.05, 0) is 36.4 Å². The van der Waals surface area contributed by atoms with Gasteiger partial charge >= 0.3 is 19.5 Å². The van der Waals surface area contributed by atoms with E-state index in [1.165, 1.54) is 24.3 Å². The fourth-order valence-electron chi connectivity index (χ4n) is 3.13. The number of aliphatic hydroxyl groups excluding tert-OH is 2. The third-order valence-electron chi connectivity index (χ3n) is 4.97. The summed E-state index contributed by atoms with van der Waals surface area (Å²) in [6, 6.07) is 22.9. The summed E-state index contributed by atoms with van der Waals surface area (Å²) in [6.45, 7) is 0.0572. The van der Waals surface area contributed by atoms with E-state index in [0.717, 1.165) is 0 Å². The standard InChI is InChI=1S/2C7H5NO3S.2C6H7NO.Zn/c2*9-7-5-3-1-2-4-6(5)12(10,11)8-7;2*8-5-6-3-1-2-4-7-6;/h2*1-4H,(H,8,9);2*1-4,8H,5H2;/q;;;;+2/p-2. The van der Waals surface area contributed by atoms with Crippen LogP contribution in [0.15, 0.2) is 112 Å². The summed E-state index contributed by atoms with van der Waals surface area (Å²) >= 11 is 0. The number of carbonyl (C=O) groups is 1. The van der Waals surface area contributed by atoms with Crippen molar-refractivity contribution in [2.45, 2.75) is 23.0 Å². The van der Waals surface area contributed by atoms with Crippen LogP contribution in [0.3, 0.4) is 0 Å². The first kappa shape index (κ1) is 33.3. The molecular formula is C26H22N4O8S2Zn. The number of amides is 1. The summed E-state index contributed by atoms with van der Waals surface area (Å²) in [5, 5.41) is 27.9. The van der Waals surface area contributed by atoms with Gasteiger partial charge in [0.25, 0.3) is 10.0 Å². The van der Waals surface area contributed by atoms with E-state index in [0.29, 0.717) is 11.4 Å². The molecule has 0 aliphatic carbocycles. The van der Waals surface area contributed by atoms with Gasteiger partial charge in [0.15, 0.2) is 0 Å². The fraction of sp³-hybridized carbons (Fsp3) is 0.0769. The largest absolute Gasteiger partial charge is 2.00 e. The molecule has 12 nitrogen and oxygen atoms in total. The van der Waals surface area contributed by atoms with Crippen molar-refractivity contribution in [1.82, 2.24) is 9.97 Å². The van der Waals surface area contributed by atoms with Gasteiger partial charge in [-0.1, -0.05) is 48.5 Å². The Kier molecular flexibility index (Phi) is 12.4. The number of hydrogen-bond acceptors (Lipinski definition) is 10. The van der Waals surface area contributed by atoms with E-state index in [4.69, 9.17) is 10.2 Å². The van der Waals surface area contributed by atoms with Crippen LogP contribution in [0, 0.1) is 0 Å². The van der Waals surface area contributed by atoms with Crippen LogP contribution in [0.1, 0.15) is 27.3 Å². The molecule has 2 aliphatic heterocycles. The molecule has 0 unspecified atom stereocenters. The van der Waals surface area contributed by atoms with Gasteiger partial charge in [-0.2, -0.15) is 12.8 Å². The molecule has 15 heteroatoms. The molecular weight excluding hydrogens is 626 g/mol. The van der Waals surface area contributed by atoms with Crippen LogP contribution in [0.4, 0.5) is 0 Å². The van der Waals surface area contributed by atoms with Gasteiger partial charge < -0.3 is 24.8 Å². The van der Waals surface area contributed by atoms with Crippen LogP contribution in [0.2, 0.25) is 0 Å². The maximum absolute atomic E-state index is 11.1. The number of sulfonamides is 2. The van der Waals surface area contributed by atoms with Crippen molar-refractivity contribution < 1.29 is 56.4 Å². The monoisotopic (exact) mass is 646 g/mol. The summed E-state index contributed by atoms with van der Waals surface area (Å²) in [5.41, 5.74) is 1.76. The van der Waals surface area contributed by atoms with E-state index < -0.39 is 31.9 Å². The molecule has 4 heterocycles.